The van der Waals surface area contributed by atoms with Crippen molar-refractivity contribution >= 4 is 28.6 Å². The van der Waals surface area contributed by atoms with Crippen molar-refractivity contribution in [3.05, 3.63) is 66.6 Å². The number of pyridine rings is 1. The molecule has 0 saturated carbocycles. The SMILES string of the molecule is O=C(CSc1ccc(F)cc1)NCC#CCOc1ccc2cccnc2c1. The fourth-order valence-corrected chi connectivity index (χ4v) is 2.97. The van der Waals surface area contributed by atoms with E-state index in [-0.39, 0.29) is 30.6 Å². The largest absolute Gasteiger partial charge is 0.481 e. The normalized spacial score (nSPS) is 10.1. The lowest BCUT2D eigenvalue weighted by Crippen LogP contribution is -2.25. The zero-order valence-corrected chi connectivity index (χ0v) is 15.3. The van der Waals surface area contributed by atoms with Crippen molar-refractivity contribution in [3.8, 4) is 17.6 Å². The van der Waals surface area contributed by atoms with Crippen LogP contribution in [0.15, 0.2) is 65.7 Å². The van der Waals surface area contributed by atoms with Gasteiger partial charge in [0, 0.05) is 22.5 Å². The fourth-order valence-electron chi connectivity index (χ4n) is 2.24. The lowest BCUT2D eigenvalue weighted by Gasteiger charge is -2.03. The van der Waals surface area contributed by atoms with Crippen LogP contribution in [0.2, 0.25) is 0 Å². The first-order chi connectivity index (χ1) is 13.2. The van der Waals surface area contributed by atoms with Gasteiger partial charge < -0.3 is 10.1 Å². The van der Waals surface area contributed by atoms with Gasteiger partial charge in [-0.1, -0.05) is 17.9 Å². The number of hydrogen-bond donors (Lipinski definition) is 1. The Kier molecular flexibility index (Phi) is 6.66. The van der Waals surface area contributed by atoms with Crippen LogP contribution in [-0.4, -0.2) is 29.8 Å². The van der Waals surface area contributed by atoms with Crippen molar-refractivity contribution < 1.29 is 13.9 Å². The summed E-state index contributed by atoms with van der Waals surface area (Å²) >= 11 is 1.35. The molecule has 136 valence electrons. The Morgan fingerprint density at radius 1 is 1.15 bits per heavy atom. The van der Waals surface area contributed by atoms with Gasteiger partial charge in [0.05, 0.1) is 17.8 Å². The lowest BCUT2D eigenvalue weighted by molar-refractivity contribution is -0.118. The number of nitrogens with one attached hydrogen (secondary N) is 1. The van der Waals surface area contributed by atoms with Gasteiger partial charge in [-0.15, -0.1) is 11.8 Å². The Bertz CT molecular complexity index is 981. The highest BCUT2D eigenvalue weighted by atomic mass is 32.2. The molecule has 1 N–H and O–H groups in total. The third-order valence-electron chi connectivity index (χ3n) is 3.57. The Balaban J connectivity index is 1.36. The van der Waals surface area contributed by atoms with Gasteiger partial charge in [0.15, 0.2) is 0 Å². The van der Waals surface area contributed by atoms with E-state index >= 15 is 0 Å². The third-order valence-corrected chi connectivity index (χ3v) is 4.58. The number of carbonyl (C=O) groups is 1. The Labute approximate surface area is 161 Å². The van der Waals surface area contributed by atoms with E-state index in [4.69, 9.17) is 4.74 Å². The number of fused-ring (bicyclic) bond motifs is 1. The van der Waals surface area contributed by atoms with Crippen LogP contribution in [0.1, 0.15) is 0 Å². The first-order valence-electron chi connectivity index (χ1n) is 8.29. The molecule has 0 atom stereocenters. The van der Waals surface area contributed by atoms with Gasteiger partial charge in [-0.05, 0) is 42.5 Å². The smallest absolute Gasteiger partial charge is 0.231 e. The average Bonchev–Trinajstić information content (AvgIpc) is 2.70. The second-order valence-corrected chi connectivity index (χ2v) is 6.57. The van der Waals surface area contributed by atoms with Gasteiger partial charge >= 0.3 is 0 Å². The molecule has 0 unspecified atom stereocenters. The van der Waals surface area contributed by atoms with Gasteiger partial charge in [0.25, 0.3) is 0 Å². The minimum absolute atomic E-state index is 0.125. The number of benzene rings is 2. The summed E-state index contributed by atoms with van der Waals surface area (Å²) in [7, 11) is 0. The molecule has 1 aromatic heterocycles. The predicted octanol–water partition coefficient (Wildman–Crippen LogP) is 3.66. The van der Waals surface area contributed by atoms with E-state index in [1.807, 2.05) is 30.3 Å². The van der Waals surface area contributed by atoms with Crippen LogP contribution in [0.5, 0.6) is 5.75 Å². The maximum absolute atomic E-state index is 12.8. The zero-order valence-electron chi connectivity index (χ0n) is 14.4. The van der Waals surface area contributed by atoms with Crippen LogP contribution in [0.3, 0.4) is 0 Å². The molecule has 1 heterocycles. The molecule has 6 heteroatoms. The highest BCUT2D eigenvalue weighted by molar-refractivity contribution is 8.00. The van der Waals surface area contributed by atoms with Crippen molar-refractivity contribution in [3.63, 3.8) is 0 Å². The maximum Gasteiger partial charge on any atom is 0.231 e. The highest BCUT2D eigenvalue weighted by Gasteiger charge is 2.01. The zero-order chi connectivity index (χ0) is 18.9. The molecule has 0 bridgehead atoms. The highest BCUT2D eigenvalue weighted by Crippen LogP contribution is 2.18. The van der Waals surface area contributed by atoms with E-state index < -0.39 is 0 Å². The van der Waals surface area contributed by atoms with E-state index in [1.54, 1.807) is 18.3 Å². The summed E-state index contributed by atoms with van der Waals surface area (Å²) in [5, 5.41) is 3.77. The topological polar surface area (TPSA) is 51.2 Å². The van der Waals surface area contributed by atoms with E-state index in [1.165, 1.54) is 23.9 Å². The van der Waals surface area contributed by atoms with Crippen molar-refractivity contribution in [2.24, 2.45) is 0 Å². The van der Waals surface area contributed by atoms with E-state index in [2.05, 4.69) is 22.1 Å². The molecule has 27 heavy (non-hydrogen) atoms. The molecule has 3 aromatic rings. The summed E-state index contributed by atoms with van der Waals surface area (Å²) in [4.78, 5) is 16.9. The molecule has 4 nitrogen and oxygen atoms in total. The Hall–Kier alpha value is -3.04. The summed E-state index contributed by atoms with van der Waals surface area (Å²) in [5.41, 5.74) is 0.869. The van der Waals surface area contributed by atoms with Crippen molar-refractivity contribution in [1.29, 1.82) is 0 Å². The molecular weight excluding hydrogens is 363 g/mol. The molecule has 2 aromatic carbocycles. The number of ether oxygens (including phenoxy) is 1. The minimum Gasteiger partial charge on any atom is -0.481 e. The molecule has 0 aliphatic carbocycles. The van der Waals surface area contributed by atoms with Crippen molar-refractivity contribution in [1.82, 2.24) is 10.3 Å². The molecule has 1 amide bonds. The van der Waals surface area contributed by atoms with Crippen LogP contribution in [0.25, 0.3) is 10.9 Å². The summed E-state index contributed by atoms with van der Waals surface area (Å²) in [6.07, 6.45) is 1.74. The average molecular weight is 380 g/mol. The molecule has 0 aliphatic heterocycles. The molecule has 0 saturated heterocycles. The van der Waals surface area contributed by atoms with E-state index in [9.17, 15) is 9.18 Å². The van der Waals surface area contributed by atoms with Gasteiger partial charge in [-0.25, -0.2) is 4.39 Å². The van der Waals surface area contributed by atoms with Crippen LogP contribution in [0.4, 0.5) is 4.39 Å². The number of rotatable bonds is 6. The molecule has 0 fully saturated rings. The number of halogens is 1. The van der Waals surface area contributed by atoms with E-state index in [0.717, 1.165) is 15.8 Å². The summed E-state index contributed by atoms with van der Waals surface area (Å²) in [5.74, 6) is 6.26. The van der Waals surface area contributed by atoms with Crippen molar-refractivity contribution in [2.45, 2.75) is 4.90 Å². The van der Waals surface area contributed by atoms with Gasteiger partial charge in [-0.2, -0.15) is 0 Å². The van der Waals surface area contributed by atoms with Crippen LogP contribution >= 0.6 is 11.8 Å². The second-order valence-electron chi connectivity index (χ2n) is 5.52. The fraction of sp³-hybridized carbons (Fsp3) is 0.143. The number of thioether (sulfide) groups is 1. The number of hydrogen-bond acceptors (Lipinski definition) is 4. The summed E-state index contributed by atoms with van der Waals surface area (Å²) < 4.78 is 18.4. The lowest BCUT2D eigenvalue weighted by atomic mass is 10.2. The standard InChI is InChI=1S/C21H17FN2O2S/c22-17-6-9-19(10-7-17)27-15-21(25)24-11-1-2-13-26-18-8-5-16-4-3-12-23-20(16)14-18/h3-10,12,14H,11,13,15H2,(H,24,25). The number of amides is 1. The Morgan fingerprint density at radius 2 is 2.00 bits per heavy atom. The molecule has 0 radical (unpaired) electrons. The quantitative estimate of drug-likeness (QED) is 0.524. The molecular formula is C21H17FN2O2S. The third kappa shape index (κ3) is 6.01. The predicted molar refractivity (Wildman–Crippen MR) is 105 cm³/mol. The molecule has 3 rings (SSSR count). The van der Waals surface area contributed by atoms with Crippen molar-refractivity contribution in [2.75, 3.05) is 18.9 Å². The van der Waals surface area contributed by atoms with Gasteiger partial charge in [0.1, 0.15) is 18.2 Å². The number of aromatic nitrogens is 1. The maximum atomic E-state index is 12.8. The van der Waals surface area contributed by atoms with Crippen LogP contribution in [0, 0.1) is 17.7 Å². The van der Waals surface area contributed by atoms with Crippen LogP contribution < -0.4 is 10.1 Å². The monoisotopic (exact) mass is 380 g/mol. The minimum atomic E-state index is -0.291. The van der Waals surface area contributed by atoms with E-state index in [0.29, 0.717) is 5.75 Å². The molecule has 0 spiro atoms. The number of nitrogens with zero attached hydrogens (tertiary/aromatic N) is 1. The van der Waals surface area contributed by atoms with Gasteiger partial charge in [0.2, 0.25) is 5.91 Å². The second kappa shape index (κ2) is 9.60. The summed E-state index contributed by atoms with van der Waals surface area (Å²) in [6, 6.07) is 15.6. The first-order valence-corrected chi connectivity index (χ1v) is 9.28. The Morgan fingerprint density at radius 3 is 2.85 bits per heavy atom. The molecule has 0 aliphatic rings. The van der Waals surface area contributed by atoms with Crippen LogP contribution in [-0.2, 0) is 4.79 Å². The number of carbonyl (C=O) groups excluding carboxylic acids is 1. The van der Waals surface area contributed by atoms with Gasteiger partial charge in [-0.3, -0.25) is 9.78 Å². The first kappa shape index (κ1) is 18.7. The summed E-state index contributed by atoms with van der Waals surface area (Å²) in [6.45, 7) is 0.490.